The molecular weight excluding hydrogens is 304 g/mol. The second-order valence-electron chi connectivity index (χ2n) is 5.96. The quantitative estimate of drug-likeness (QED) is 0.637. The Bertz CT molecular complexity index is 815. The summed E-state index contributed by atoms with van der Waals surface area (Å²) in [7, 11) is 2.58. The first-order chi connectivity index (χ1) is 11.3. The van der Waals surface area contributed by atoms with Gasteiger partial charge in [-0.3, -0.25) is 0 Å². The van der Waals surface area contributed by atoms with Gasteiger partial charge in [0, 0.05) is 11.6 Å². The van der Waals surface area contributed by atoms with Gasteiger partial charge in [-0.25, -0.2) is 9.59 Å². The van der Waals surface area contributed by atoms with Crippen molar-refractivity contribution in [1.29, 1.82) is 0 Å². The molecular formula is C20H22O4. The van der Waals surface area contributed by atoms with E-state index in [0.717, 1.165) is 38.9 Å². The summed E-state index contributed by atoms with van der Waals surface area (Å²) < 4.78 is 9.58. The Morgan fingerprint density at radius 3 is 2.08 bits per heavy atom. The van der Waals surface area contributed by atoms with E-state index in [1.165, 1.54) is 20.3 Å². The van der Waals surface area contributed by atoms with Gasteiger partial charge >= 0.3 is 11.9 Å². The predicted molar refractivity (Wildman–Crippen MR) is 94.0 cm³/mol. The van der Waals surface area contributed by atoms with Crippen molar-refractivity contribution in [2.45, 2.75) is 27.7 Å². The molecule has 2 aliphatic rings. The van der Waals surface area contributed by atoms with Crippen LogP contribution in [0.15, 0.2) is 24.3 Å². The lowest BCUT2D eigenvalue weighted by molar-refractivity contribution is -0.136. The van der Waals surface area contributed by atoms with E-state index in [4.69, 9.17) is 9.47 Å². The van der Waals surface area contributed by atoms with Crippen LogP contribution in [-0.4, -0.2) is 26.2 Å². The zero-order chi connectivity index (χ0) is 18.0. The van der Waals surface area contributed by atoms with Crippen molar-refractivity contribution in [3.63, 3.8) is 0 Å². The zero-order valence-electron chi connectivity index (χ0n) is 14.9. The van der Waals surface area contributed by atoms with Crippen LogP contribution >= 0.6 is 0 Å². The highest BCUT2D eigenvalue weighted by Gasteiger charge is 2.25. The summed E-state index contributed by atoms with van der Waals surface area (Å²) in [5.74, 6) is -1.15. The highest BCUT2D eigenvalue weighted by molar-refractivity contribution is 6.23. The first kappa shape index (κ1) is 17.7. The Kier molecular flexibility index (Phi) is 5.07. The average molecular weight is 326 g/mol. The summed E-state index contributed by atoms with van der Waals surface area (Å²) in [6.45, 7) is 8.01. The summed E-state index contributed by atoms with van der Waals surface area (Å²) in [4.78, 5) is 24.0. The Balaban J connectivity index is 2.86. The molecule has 0 N–H and O–H groups in total. The van der Waals surface area contributed by atoms with Crippen LogP contribution in [-0.2, 0) is 19.1 Å². The van der Waals surface area contributed by atoms with Crippen LogP contribution in [0.3, 0.4) is 0 Å². The van der Waals surface area contributed by atoms with E-state index < -0.39 is 11.9 Å². The molecule has 24 heavy (non-hydrogen) atoms. The van der Waals surface area contributed by atoms with Crippen molar-refractivity contribution >= 4 is 17.5 Å². The average Bonchev–Trinajstić information content (AvgIpc) is 2.83. The lowest BCUT2D eigenvalue weighted by atomic mass is 9.95. The molecule has 0 aliphatic heterocycles. The fourth-order valence-electron chi connectivity index (χ4n) is 3.15. The first-order valence-electron chi connectivity index (χ1n) is 7.69. The molecule has 2 rings (SSSR count). The molecule has 4 nitrogen and oxygen atoms in total. The number of carbonyl (C=O) groups is 2. The lowest BCUT2D eigenvalue weighted by Gasteiger charge is -2.10. The maximum atomic E-state index is 12.3. The van der Waals surface area contributed by atoms with Gasteiger partial charge in [0.25, 0.3) is 0 Å². The van der Waals surface area contributed by atoms with Crippen molar-refractivity contribution in [2.75, 3.05) is 14.2 Å². The smallest absolute Gasteiger partial charge is 0.338 e. The predicted octanol–water partition coefficient (Wildman–Crippen LogP) is 3.75. The van der Waals surface area contributed by atoms with Gasteiger partial charge in [-0.15, -0.1) is 0 Å². The second kappa shape index (κ2) is 6.87. The third-order valence-electron chi connectivity index (χ3n) is 4.12. The number of hydrogen-bond donors (Lipinski definition) is 0. The Hall–Kier alpha value is -2.62. The number of carbonyl (C=O) groups excluding carboxylic acids is 2. The van der Waals surface area contributed by atoms with Gasteiger partial charge in [-0.2, -0.15) is 0 Å². The van der Waals surface area contributed by atoms with Crippen LogP contribution in [0.1, 0.15) is 27.8 Å². The number of ether oxygens (including phenoxy) is 2. The molecule has 0 aromatic heterocycles. The molecule has 4 heteroatoms. The third kappa shape index (κ3) is 3.18. The highest BCUT2D eigenvalue weighted by atomic mass is 16.5. The van der Waals surface area contributed by atoms with Gasteiger partial charge < -0.3 is 9.47 Å². The van der Waals surface area contributed by atoms with Gasteiger partial charge in [-0.05, 0) is 55.5 Å². The van der Waals surface area contributed by atoms with E-state index in [-0.39, 0.29) is 5.57 Å². The van der Waals surface area contributed by atoms with Crippen LogP contribution < -0.4 is 0 Å². The summed E-state index contributed by atoms with van der Waals surface area (Å²) in [6, 6.07) is 6.23. The van der Waals surface area contributed by atoms with E-state index >= 15 is 0 Å². The fraction of sp³-hybridized carbons (Fsp3) is 0.300. The van der Waals surface area contributed by atoms with E-state index in [9.17, 15) is 9.59 Å². The lowest BCUT2D eigenvalue weighted by Crippen LogP contribution is -2.08. The molecule has 0 radical (unpaired) electrons. The molecule has 0 atom stereocenters. The fourth-order valence-corrected chi connectivity index (χ4v) is 3.15. The molecule has 0 heterocycles. The topological polar surface area (TPSA) is 52.6 Å². The molecule has 0 unspecified atom stereocenters. The molecule has 2 aliphatic carbocycles. The van der Waals surface area contributed by atoms with Crippen LogP contribution in [0.25, 0.3) is 16.7 Å². The normalized spacial score (nSPS) is 11.5. The number of methoxy groups -OCH3 is 2. The van der Waals surface area contributed by atoms with Crippen molar-refractivity contribution < 1.29 is 19.1 Å². The van der Waals surface area contributed by atoms with Crippen molar-refractivity contribution in [2.24, 2.45) is 0 Å². The highest BCUT2D eigenvalue weighted by Crippen LogP contribution is 2.40. The largest absolute Gasteiger partial charge is 0.466 e. The molecule has 0 fully saturated rings. The molecule has 0 saturated heterocycles. The third-order valence-corrected chi connectivity index (χ3v) is 4.12. The number of fused-ring (bicyclic) bond motifs is 1. The Morgan fingerprint density at radius 1 is 0.875 bits per heavy atom. The summed E-state index contributed by atoms with van der Waals surface area (Å²) in [5, 5.41) is 0. The molecule has 0 aromatic rings. The number of rotatable bonds is 3. The minimum Gasteiger partial charge on any atom is -0.466 e. The van der Waals surface area contributed by atoms with Gasteiger partial charge in [0.15, 0.2) is 0 Å². The van der Waals surface area contributed by atoms with Gasteiger partial charge in [0.1, 0.15) is 0 Å². The zero-order valence-corrected chi connectivity index (χ0v) is 14.9. The standard InChI is InChI=1S/C20H22O4/c1-11-7-12(2)15-9-14(4)19(18(15)13(3)8-11)16(20(22)24-6)10-17(21)23-5/h7-10H,1-6H3/b16-10-. The SMILES string of the molecule is COC(=O)/C=C(\C(=O)OC)c1c(C)cc2c(C)cc(C)cc(C)c1-2. The van der Waals surface area contributed by atoms with Crippen molar-refractivity contribution in [1.82, 2.24) is 0 Å². The van der Waals surface area contributed by atoms with Crippen LogP contribution in [0, 0.1) is 27.7 Å². The number of esters is 2. The molecule has 0 amide bonds. The Labute approximate surface area is 142 Å². The molecule has 126 valence electrons. The first-order valence-corrected chi connectivity index (χ1v) is 7.69. The minimum absolute atomic E-state index is 0.211. The van der Waals surface area contributed by atoms with Gasteiger partial charge in [0.05, 0.1) is 19.8 Å². The maximum Gasteiger partial charge on any atom is 0.338 e. The summed E-state index contributed by atoms with van der Waals surface area (Å²) >= 11 is 0. The molecule has 0 saturated carbocycles. The van der Waals surface area contributed by atoms with Crippen LogP contribution in [0.5, 0.6) is 0 Å². The molecule has 0 spiro atoms. The van der Waals surface area contributed by atoms with E-state index in [1.807, 2.05) is 33.8 Å². The summed E-state index contributed by atoms with van der Waals surface area (Å²) in [6.07, 6.45) is 1.20. The van der Waals surface area contributed by atoms with Crippen molar-refractivity contribution in [3.8, 4) is 11.1 Å². The summed E-state index contributed by atoms with van der Waals surface area (Å²) in [5.41, 5.74) is 7.17. The van der Waals surface area contributed by atoms with Gasteiger partial charge in [0.2, 0.25) is 0 Å². The van der Waals surface area contributed by atoms with Crippen LogP contribution in [0.2, 0.25) is 0 Å². The minimum atomic E-state index is -0.588. The van der Waals surface area contributed by atoms with E-state index in [2.05, 4.69) is 12.1 Å². The van der Waals surface area contributed by atoms with Crippen molar-refractivity contribution in [3.05, 3.63) is 52.1 Å². The molecule has 0 bridgehead atoms. The maximum absolute atomic E-state index is 12.3. The second-order valence-corrected chi connectivity index (χ2v) is 5.96. The molecule has 0 aromatic carbocycles. The number of hydrogen-bond acceptors (Lipinski definition) is 4. The van der Waals surface area contributed by atoms with Gasteiger partial charge in [-0.1, -0.05) is 23.8 Å². The van der Waals surface area contributed by atoms with Crippen LogP contribution in [0.4, 0.5) is 0 Å². The Morgan fingerprint density at radius 2 is 1.50 bits per heavy atom. The number of aryl methyl sites for hydroxylation is 4. The van der Waals surface area contributed by atoms with E-state index in [1.54, 1.807) is 0 Å². The monoisotopic (exact) mass is 326 g/mol. The van der Waals surface area contributed by atoms with E-state index in [0.29, 0.717) is 0 Å².